The first kappa shape index (κ1) is 18.7. The fourth-order valence-corrected chi connectivity index (χ4v) is 0.351. The molecular weight excluding hydrogens is 162 g/mol. The molecule has 2 nitrogen and oxygen atoms in total. The van der Waals surface area contributed by atoms with Gasteiger partial charge in [0.05, 0.1) is 6.61 Å². The fraction of sp³-hybridized carbons (Fsp3) is 1.00. The maximum atomic E-state index is 4.78. The molecule has 0 unspecified atom stereocenters. The molecule has 0 aromatic carbocycles. The molecule has 1 N–H and O–H groups in total. The van der Waals surface area contributed by atoms with Crippen molar-refractivity contribution in [1.82, 2.24) is 5.32 Å². The summed E-state index contributed by atoms with van der Waals surface area (Å²) in [4.78, 5) is 0. The molecule has 0 aromatic rings. The maximum absolute atomic E-state index is 4.78. The Bertz CT molecular complexity index is 49.3. The predicted molar refractivity (Wildman–Crippen MR) is 62.3 cm³/mol. The van der Waals surface area contributed by atoms with Crippen LogP contribution in [0.15, 0.2) is 0 Å². The summed E-state index contributed by atoms with van der Waals surface area (Å²) in [5.41, 5.74) is 0. The lowest BCUT2D eigenvalue weighted by molar-refractivity contribution is 0.200. The minimum Gasteiger partial charge on any atom is -0.383 e. The van der Waals surface area contributed by atoms with Gasteiger partial charge in [0.15, 0.2) is 0 Å². The summed E-state index contributed by atoms with van der Waals surface area (Å²) < 4.78 is 4.78. The molecule has 0 saturated carbocycles. The van der Waals surface area contributed by atoms with Gasteiger partial charge in [-0.25, -0.2) is 0 Å². The van der Waals surface area contributed by atoms with E-state index in [1.54, 1.807) is 7.11 Å². The van der Waals surface area contributed by atoms with Gasteiger partial charge < -0.3 is 10.1 Å². The molecule has 0 rings (SSSR count). The Labute approximate surface area is 85.1 Å². The van der Waals surface area contributed by atoms with Crippen LogP contribution in [0.4, 0.5) is 0 Å². The lowest BCUT2D eigenvalue weighted by Gasteiger charge is -1.96. The molecule has 0 atom stereocenters. The van der Waals surface area contributed by atoms with Crippen molar-refractivity contribution in [3.8, 4) is 0 Å². The van der Waals surface area contributed by atoms with Crippen LogP contribution in [0.2, 0.25) is 0 Å². The summed E-state index contributed by atoms with van der Waals surface area (Å²) in [6.07, 6.45) is 0. The van der Waals surface area contributed by atoms with E-state index in [0.29, 0.717) is 0 Å². The molecule has 0 bridgehead atoms. The van der Waals surface area contributed by atoms with Crippen molar-refractivity contribution >= 4 is 0 Å². The molecule has 0 aliphatic carbocycles. The number of ether oxygens (including phenoxy) is 1. The van der Waals surface area contributed by atoms with Crippen molar-refractivity contribution in [2.24, 2.45) is 5.92 Å². The van der Waals surface area contributed by atoms with Crippen LogP contribution in [0, 0.1) is 5.92 Å². The summed E-state index contributed by atoms with van der Waals surface area (Å²) >= 11 is 0. The van der Waals surface area contributed by atoms with E-state index < -0.39 is 0 Å². The summed E-state index contributed by atoms with van der Waals surface area (Å²) in [6.45, 7) is 15.4. The Balaban J connectivity index is -0.000000142. The molecule has 0 aromatic heterocycles. The molecule has 2 heteroatoms. The van der Waals surface area contributed by atoms with Gasteiger partial charge in [-0.15, -0.1) is 0 Å². The number of hydrogen-bond donors (Lipinski definition) is 1. The number of hydrogen-bond acceptors (Lipinski definition) is 2. The predicted octanol–water partition coefficient (Wildman–Crippen LogP) is 2.93. The quantitative estimate of drug-likeness (QED) is 0.690. The maximum Gasteiger partial charge on any atom is 0.0587 e. The standard InChI is InChI=1S/C5H13NO.C4H10.C2H6/c1-3-6-4-5-7-2;1-4(2)3;1-2/h6H,3-5H2,1-2H3;4H,1-3H3;1-2H3. The van der Waals surface area contributed by atoms with E-state index in [9.17, 15) is 0 Å². The van der Waals surface area contributed by atoms with Crippen LogP contribution in [0.1, 0.15) is 41.5 Å². The first-order chi connectivity index (χ1) is 6.15. The van der Waals surface area contributed by atoms with Crippen molar-refractivity contribution in [3.63, 3.8) is 0 Å². The Morgan fingerprint density at radius 2 is 1.54 bits per heavy atom. The summed E-state index contributed by atoms with van der Waals surface area (Å²) in [5, 5.41) is 3.12. The minimum absolute atomic E-state index is 0.813. The molecule has 0 spiro atoms. The highest BCUT2D eigenvalue weighted by Crippen LogP contribution is 1.81. The molecule has 84 valence electrons. The zero-order valence-electron chi connectivity index (χ0n) is 10.6. The highest BCUT2D eigenvalue weighted by Gasteiger charge is 1.76. The summed E-state index contributed by atoms with van der Waals surface area (Å²) in [6, 6.07) is 0. The molecule has 0 aliphatic heterocycles. The van der Waals surface area contributed by atoms with Gasteiger partial charge in [-0.2, -0.15) is 0 Å². The number of nitrogens with one attached hydrogen (secondary N) is 1. The fourth-order valence-electron chi connectivity index (χ4n) is 0.351. The van der Waals surface area contributed by atoms with Crippen LogP contribution in [-0.4, -0.2) is 26.8 Å². The van der Waals surface area contributed by atoms with Crippen LogP contribution in [0.5, 0.6) is 0 Å². The van der Waals surface area contributed by atoms with Crippen molar-refractivity contribution in [2.45, 2.75) is 41.5 Å². The van der Waals surface area contributed by atoms with Gasteiger partial charge in [-0.3, -0.25) is 0 Å². The van der Waals surface area contributed by atoms with Gasteiger partial charge in [0.25, 0.3) is 0 Å². The van der Waals surface area contributed by atoms with E-state index in [4.69, 9.17) is 4.74 Å². The lowest BCUT2D eigenvalue weighted by atomic mass is 10.3. The minimum atomic E-state index is 0.813. The second kappa shape index (κ2) is 22.7. The molecule has 0 radical (unpaired) electrons. The molecule has 0 fully saturated rings. The first-order valence-corrected chi connectivity index (χ1v) is 5.34. The number of likely N-dealkylation sites (N-methyl/N-ethyl adjacent to an activating group) is 1. The highest BCUT2D eigenvalue weighted by molar-refractivity contribution is 4.36. The third-order valence-corrected chi connectivity index (χ3v) is 0.733. The van der Waals surface area contributed by atoms with Gasteiger partial charge >= 0.3 is 0 Å². The van der Waals surface area contributed by atoms with E-state index in [0.717, 1.165) is 25.6 Å². The smallest absolute Gasteiger partial charge is 0.0587 e. The van der Waals surface area contributed by atoms with E-state index in [1.807, 2.05) is 13.8 Å². The Kier molecular flexibility index (Phi) is 32.5. The molecule has 0 heterocycles. The van der Waals surface area contributed by atoms with Gasteiger partial charge in [0, 0.05) is 13.7 Å². The number of rotatable bonds is 4. The van der Waals surface area contributed by atoms with Gasteiger partial charge in [0.1, 0.15) is 0 Å². The first-order valence-electron chi connectivity index (χ1n) is 5.34. The van der Waals surface area contributed by atoms with Crippen LogP contribution >= 0.6 is 0 Å². The largest absolute Gasteiger partial charge is 0.383 e. The third kappa shape index (κ3) is 76.3. The Morgan fingerprint density at radius 1 is 1.15 bits per heavy atom. The van der Waals surface area contributed by atoms with Crippen molar-refractivity contribution < 1.29 is 4.74 Å². The SMILES string of the molecule is CC.CC(C)C.CCNCCOC. The van der Waals surface area contributed by atoms with Crippen LogP contribution in [0.3, 0.4) is 0 Å². The van der Waals surface area contributed by atoms with Crippen LogP contribution < -0.4 is 5.32 Å². The highest BCUT2D eigenvalue weighted by atomic mass is 16.5. The zero-order chi connectivity index (χ0) is 11.1. The molecule has 0 aliphatic rings. The van der Waals surface area contributed by atoms with Crippen molar-refractivity contribution in [3.05, 3.63) is 0 Å². The van der Waals surface area contributed by atoms with Gasteiger partial charge in [0.2, 0.25) is 0 Å². The monoisotopic (exact) mass is 191 g/mol. The van der Waals surface area contributed by atoms with Crippen LogP contribution in [0.25, 0.3) is 0 Å². The average molecular weight is 191 g/mol. The Morgan fingerprint density at radius 3 is 1.77 bits per heavy atom. The summed E-state index contributed by atoms with van der Waals surface area (Å²) in [7, 11) is 1.71. The second-order valence-electron chi connectivity index (χ2n) is 3.08. The summed E-state index contributed by atoms with van der Waals surface area (Å²) in [5.74, 6) is 0.833. The molecule has 0 saturated heterocycles. The van der Waals surface area contributed by atoms with E-state index >= 15 is 0 Å². The Hall–Kier alpha value is -0.0800. The average Bonchev–Trinajstić information content (AvgIpc) is 2.08. The van der Waals surface area contributed by atoms with Gasteiger partial charge in [-0.1, -0.05) is 41.5 Å². The lowest BCUT2D eigenvalue weighted by Crippen LogP contribution is -2.17. The molecule has 13 heavy (non-hydrogen) atoms. The van der Waals surface area contributed by atoms with Gasteiger partial charge in [-0.05, 0) is 12.5 Å². The number of methoxy groups -OCH3 is 1. The molecular formula is C11H29NO. The topological polar surface area (TPSA) is 21.3 Å². The van der Waals surface area contributed by atoms with E-state index in [-0.39, 0.29) is 0 Å². The van der Waals surface area contributed by atoms with E-state index in [1.165, 1.54) is 0 Å². The molecule has 0 amide bonds. The zero-order valence-corrected chi connectivity index (χ0v) is 10.6. The second-order valence-corrected chi connectivity index (χ2v) is 3.08. The van der Waals surface area contributed by atoms with Crippen molar-refractivity contribution in [2.75, 3.05) is 26.8 Å². The van der Waals surface area contributed by atoms with E-state index in [2.05, 4.69) is 33.0 Å². The van der Waals surface area contributed by atoms with Crippen LogP contribution in [-0.2, 0) is 4.74 Å². The third-order valence-electron chi connectivity index (χ3n) is 0.733. The van der Waals surface area contributed by atoms with Crippen molar-refractivity contribution in [1.29, 1.82) is 0 Å². The normalized spacial score (nSPS) is 8.31.